The molecule has 1 unspecified atom stereocenters. The van der Waals surface area contributed by atoms with Gasteiger partial charge in [-0.05, 0) is 0 Å². The summed E-state index contributed by atoms with van der Waals surface area (Å²) < 4.78 is 8.88. The molecule has 92 valence electrons. The van der Waals surface area contributed by atoms with Crippen molar-refractivity contribution in [2.75, 3.05) is 5.32 Å². The summed E-state index contributed by atoms with van der Waals surface area (Å²) in [4.78, 5) is 0. The first-order valence-electron chi connectivity index (χ1n) is 6.29. The molecule has 2 aromatic rings. The van der Waals surface area contributed by atoms with Gasteiger partial charge in [-0.1, -0.05) is 0 Å². The van der Waals surface area contributed by atoms with Crippen LogP contribution in [0.3, 0.4) is 0 Å². The quantitative estimate of drug-likeness (QED) is 0.657. The number of hydrogen-bond donors (Lipinski definition) is 1. The summed E-state index contributed by atoms with van der Waals surface area (Å²) in [7, 11) is 0. The molecule has 0 spiro atoms. The molecule has 1 atom stereocenters. The molecule has 0 aliphatic heterocycles. The van der Waals surface area contributed by atoms with Crippen molar-refractivity contribution in [2.24, 2.45) is 0 Å². The summed E-state index contributed by atoms with van der Waals surface area (Å²) >= 11 is 0.0611. The maximum absolute atomic E-state index is 4.48. The molecule has 17 heavy (non-hydrogen) atoms. The van der Waals surface area contributed by atoms with Gasteiger partial charge in [-0.3, -0.25) is 0 Å². The van der Waals surface area contributed by atoms with Crippen molar-refractivity contribution in [3.05, 3.63) is 18.2 Å². The fourth-order valence-electron chi connectivity index (χ4n) is 1.96. The van der Waals surface area contributed by atoms with Crippen LogP contribution in [0, 0.1) is 0 Å². The van der Waals surface area contributed by atoms with Crippen LogP contribution in [-0.2, 0) is 0 Å². The molecule has 0 radical (unpaired) electrons. The van der Waals surface area contributed by atoms with Gasteiger partial charge in [-0.25, -0.2) is 0 Å². The fourth-order valence-corrected chi connectivity index (χ4v) is 3.11. The summed E-state index contributed by atoms with van der Waals surface area (Å²) in [5, 5.41) is 3.56. The van der Waals surface area contributed by atoms with E-state index >= 15 is 0 Å². The van der Waals surface area contributed by atoms with Gasteiger partial charge in [0.2, 0.25) is 0 Å². The SMILES string of the molecule is CCCCCC(C)Nc1cccc2n[se]nc12. The van der Waals surface area contributed by atoms with Crippen LogP contribution in [-0.4, -0.2) is 29.0 Å². The van der Waals surface area contributed by atoms with Crippen molar-refractivity contribution < 1.29 is 0 Å². The van der Waals surface area contributed by atoms with E-state index in [1.165, 1.54) is 25.7 Å². The van der Waals surface area contributed by atoms with E-state index < -0.39 is 0 Å². The van der Waals surface area contributed by atoms with Crippen LogP contribution in [0.4, 0.5) is 5.69 Å². The molecule has 0 amide bonds. The molecule has 0 aliphatic rings. The van der Waals surface area contributed by atoms with Crippen LogP contribution < -0.4 is 5.32 Å². The Kier molecular flexibility index (Phi) is 4.57. The zero-order valence-corrected chi connectivity index (χ0v) is 12.2. The van der Waals surface area contributed by atoms with Gasteiger partial charge in [0.25, 0.3) is 0 Å². The van der Waals surface area contributed by atoms with Crippen LogP contribution in [0.25, 0.3) is 11.0 Å². The number of unbranched alkanes of at least 4 members (excludes halogenated alkanes) is 2. The van der Waals surface area contributed by atoms with Gasteiger partial charge in [0, 0.05) is 0 Å². The summed E-state index contributed by atoms with van der Waals surface area (Å²) in [5.74, 6) is 0. The third-order valence-electron chi connectivity index (χ3n) is 2.93. The van der Waals surface area contributed by atoms with E-state index in [4.69, 9.17) is 0 Å². The van der Waals surface area contributed by atoms with Crippen molar-refractivity contribution in [2.45, 2.75) is 45.6 Å². The van der Waals surface area contributed by atoms with Gasteiger partial charge in [0.1, 0.15) is 0 Å². The van der Waals surface area contributed by atoms with Gasteiger partial charge < -0.3 is 0 Å². The molecule has 0 aliphatic carbocycles. The average molecular weight is 296 g/mol. The monoisotopic (exact) mass is 297 g/mol. The first-order chi connectivity index (χ1) is 8.31. The topological polar surface area (TPSA) is 37.8 Å². The Morgan fingerprint density at radius 1 is 1.29 bits per heavy atom. The van der Waals surface area contributed by atoms with E-state index in [0.29, 0.717) is 6.04 Å². The first-order valence-corrected chi connectivity index (χ1v) is 7.82. The molecule has 1 aromatic carbocycles. The second-order valence-corrected chi connectivity index (χ2v) is 5.59. The summed E-state index contributed by atoms with van der Waals surface area (Å²) in [5.41, 5.74) is 3.26. The molecule has 4 heteroatoms. The number of nitrogens with one attached hydrogen (secondary N) is 1. The molecule has 3 nitrogen and oxygen atoms in total. The Labute approximate surface area is 109 Å². The Balaban J connectivity index is 2.00. The second-order valence-electron chi connectivity index (χ2n) is 4.48. The van der Waals surface area contributed by atoms with Crippen LogP contribution in [0.1, 0.15) is 39.5 Å². The number of benzene rings is 1. The standard InChI is InChI=1S/C13H19N3Se/c1-3-4-5-7-10(2)14-11-8-6-9-12-13(11)16-17-15-12/h6,8-10,14H,3-5,7H2,1-2H3. The number of anilines is 1. The molecule has 2 rings (SSSR count). The molecule has 0 saturated carbocycles. The second kappa shape index (κ2) is 6.18. The van der Waals surface area contributed by atoms with Gasteiger partial charge >= 0.3 is 109 Å². The summed E-state index contributed by atoms with van der Waals surface area (Å²) in [6.45, 7) is 4.48. The van der Waals surface area contributed by atoms with Crippen molar-refractivity contribution >= 4 is 31.7 Å². The summed E-state index contributed by atoms with van der Waals surface area (Å²) in [6, 6.07) is 6.72. The van der Waals surface area contributed by atoms with Gasteiger partial charge in [-0.2, -0.15) is 0 Å². The van der Waals surface area contributed by atoms with Gasteiger partial charge in [0.05, 0.1) is 0 Å². The number of nitrogens with zero attached hydrogens (tertiary/aromatic N) is 2. The van der Waals surface area contributed by atoms with E-state index in [1.807, 2.05) is 6.07 Å². The number of rotatable bonds is 6. The zero-order valence-electron chi connectivity index (χ0n) is 10.4. The Morgan fingerprint density at radius 2 is 2.18 bits per heavy atom. The van der Waals surface area contributed by atoms with E-state index in [2.05, 4.69) is 39.3 Å². The van der Waals surface area contributed by atoms with Crippen molar-refractivity contribution in [1.82, 2.24) is 7.96 Å². The van der Waals surface area contributed by atoms with Gasteiger partial charge in [-0.15, -0.1) is 0 Å². The third kappa shape index (κ3) is 3.30. The van der Waals surface area contributed by atoms with E-state index in [9.17, 15) is 0 Å². The van der Waals surface area contributed by atoms with E-state index in [0.717, 1.165) is 16.7 Å². The molecule has 0 saturated heterocycles. The molecule has 0 bridgehead atoms. The van der Waals surface area contributed by atoms with Crippen LogP contribution in [0.5, 0.6) is 0 Å². The predicted octanol–water partition coefficient (Wildman–Crippen LogP) is 3.07. The maximum atomic E-state index is 4.48. The van der Waals surface area contributed by atoms with Crippen molar-refractivity contribution in [3.8, 4) is 0 Å². The minimum atomic E-state index is 0.0611. The zero-order chi connectivity index (χ0) is 12.1. The van der Waals surface area contributed by atoms with Crippen LogP contribution in [0.2, 0.25) is 0 Å². The summed E-state index contributed by atoms with van der Waals surface area (Å²) in [6.07, 6.45) is 5.12. The molecular formula is C13H19N3Se. The Bertz CT molecular complexity index is 466. The molecule has 1 N–H and O–H groups in total. The minimum absolute atomic E-state index is 0.0611. The first kappa shape index (κ1) is 12.6. The van der Waals surface area contributed by atoms with E-state index in [-0.39, 0.29) is 15.0 Å². The Hall–Kier alpha value is -0.861. The normalized spacial score (nSPS) is 12.8. The molecule has 1 aromatic heterocycles. The van der Waals surface area contributed by atoms with Crippen molar-refractivity contribution in [1.29, 1.82) is 0 Å². The molecular weight excluding hydrogens is 277 g/mol. The van der Waals surface area contributed by atoms with Gasteiger partial charge in [0.15, 0.2) is 0 Å². The molecule has 0 fully saturated rings. The van der Waals surface area contributed by atoms with E-state index in [1.54, 1.807) is 0 Å². The average Bonchev–Trinajstić information content (AvgIpc) is 2.78. The third-order valence-corrected chi connectivity index (χ3v) is 4.07. The molecule has 1 heterocycles. The number of hydrogen-bond acceptors (Lipinski definition) is 3. The fraction of sp³-hybridized carbons (Fsp3) is 0.538. The number of fused-ring (bicyclic) bond motifs is 1. The van der Waals surface area contributed by atoms with Crippen molar-refractivity contribution in [3.63, 3.8) is 0 Å². The predicted molar refractivity (Wildman–Crippen MR) is 73.7 cm³/mol. The van der Waals surface area contributed by atoms with Crippen LogP contribution in [0.15, 0.2) is 18.2 Å². The van der Waals surface area contributed by atoms with Crippen LogP contribution >= 0.6 is 0 Å². The Morgan fingerprint density at radius 3 is 3.00 bits per heavy atom. The number of aromatic nitrogens is 2.